The van der Waals surface area contributed by atoms with Gasteiger partial charge in [0.05, 0.1) is 24.4 Å². The molecule has 4 aromatic heterocycles. The van der Waals surface area contributed by atoms with Crippen LogP contribution >= 0.6 is 0 Å². The number of rotatable bonds is 8. The first kappa shape index (κ1) is 25.2. The quantitative estimate of drug-likeness (QED) is 0.290. The lowest BCUT2D eigenvalue weighted by atomic mass is 9.94. The molecular formula is C30H33N7O2. The van der Waals surface area contributed by atoms with E-state index in [1.54, 1.807) is 12.5 Å². The number of benzene rings is 1. The summed E-state index contributed by atoms with van der Waals surface area (Å²) >= 11 is 0. The molecule has 39 heavy (non-hydrogen) atoms. The third kappa shape index (κ3) is 5.14. The van der Waals surface area contributed by atoms with E-state index < -0.39 is 6.04 Å². The molecule has 1 fully saturated rings. The van der Waals surface area contributed by atoms with E-state index in [0.717, 1.165) is 59.0 Å². The summed E-state index contributed by atoms with van der Waals surface area (Å²) in [5.41, 5.74) is 4.48. The van der Waals surface area contributed by atoms with Crippen LogP contribution < -0.4 is 5.56 Å². The summed E-state index contributed by atoms with van der Waals surface area (Å²) in [5.74, 6) is 1.47. The maximum Gasteiger partial charge on any atom is 0.253 e. The number of furan rings is 1. The maximum atomic E-state index is 13.9. The molecule has 1 aliphatic carbocycles. The SMILES string of the molecule is Cc1ccc(C)c2[nH]c(=O)c([C@H](c3nnnn3C3CCCCC3)N(Cc3cccnc3)Cc3ccco3)cc12. The summed E-state index contributed by atoms with van der Waals surface area (Å²) in [6, 6.07) is 13.7. The number of nitrogens with one attached hydrogen (secondary N) is 1. The minimum Gasteiger partial charge on any atom is -0.468 e. The highest BCUT2D eigenvalue weighted by Crippen LogP contribution is 2.35. The van der Waals surface area contributed by atoms with Crippen LogP contribution in [0.25, 0.3) is 10.9 Å². The molecule has 0 radical (unpaired) electrons. The lowest BCUT2D eigenvalue weighted by Gasteiger charge is -2.32. The minimum absolute atomic E-state index is 0.143. The van der Waals surface area contributed by atoms with Crippen molar-refractivity contribution in [3.63, 3.8) is 0 Å². The van der Waals surface area contributed by atoms with E-state index in [2.05, 4.69) is 43.4 Å². The first-order chi connectivity index (χ1) is 19.1. The van der Waals surface area contributed by atoms with Crippen LogP contribution in [-0.4, -0.2) is 35.1 Å². The average Bonchev–Trinajstić information content (AvgIpc) is 3.65. The highest BCUT2D eigenvalue weighted by Gasteiger charge is 2.33. The summed E-state index contributed by atoms with van der Waals surface area (Å²) in [7, 11) is 0. The lowest BCUT2D eigenvalue weighted by molar-refractivity contribution is 0.173. The Hall–Kier alpha value is -4.11. The van der Waals surface area contributed by atoms with E-state index in [-0.39, 0.29) is 11.6 Å². The molecule has 0 unspecified atom stereocenters. The van der Waals surface area contributed by atoms with Crippen LogP contribution in [0.3, 0.4) is 0 Å². The zero-order valence-corrected chi connectivity index (χ0v) is 22.4. The van der Waals surface area contributed by atoms with Crippen LogP contribution in [0.5, 0.6) is 0 Å². The van der Waals surface area contributed by atoms with E-state index in [0.29, 0.717) is 24.5 Å². The highest BCUT2D eigenvalue weighted by atomic mass is 16.3. The summed E-state index contributed by atoms with van der Waals surface area (Å²) in [6.45, 7) is 5.08. The van der Waals surface area contributed by atoms with Crippen molar-refractivity contribution < 1.29 is 4.42 Å². The number of fused-ring (bicyclic) bond motifs is 1. The number of H-pyrrole nitrogens is 1. The average molecular weight is 524 g/mol. The van der Waals surface area contributed by atoms with Crippen molar-refractivity contribution in [2.24, 2.45) is 0 Å². The van der Waals surface area contributed by atoms with Gasteiger partial charge in [0.2, 0.25) is 0 Å². The molecule has 1 saturated carbocycles. The topological polar surface area (TPSA) is 106 Å². The Morgan fingerprint density at radius 3 is 2.69 bits per heavy atom. The smallest absolute Gasteiger partial charge is 0.253 e. The number of aromatic nitrogens is 6. The van der Waals surface area contributed by atoms with E-state index in [4.69, 9.17) is 4.42 Å². The zero-order chi connectivity index (χ0) is 26.8. The molecular weight excluding hydrogens is 490 g/mol. The maximum absolute atomic E-state index is 13.9. The van der Waals surface area contributed by atoms with Gasteiger partial charge >= 0.3 is 0 Å². The van der Waals surface area contributed by atoms with Crippen molar-refractivity contribution in [3.8, 4) is 0 Å². The Kier molecular flexibility index (Phi) is 7.06. The zero-order valence-electron chi connectivity index (χ0n) is 22.4. The predicted octanol–water partition coefficient (Wildman–Crippen LogP) is 5.42. The monoisotopic (exact) mass is 523 g/mol. The summed E-state index contributed by atoms with van der Waals surface area (Å²) in [6.07, 6.45) is 10.9. The van der Waals surface area contributed by atoms with Crippen molar-refractivity contribution in [2.75, 3.05) is 0 Å². The molecule has 1 aliphatic rings. The fraction of sp³-hybridized carbons (Fsp3) is 0.367. The minimum atomic E-state index is -0.514. The summed E-state index contributed by atoms with van der Waals surface area (Å²) < 4.78 is 7.75. The molecule has 200 valence electrons. The van der Waals surface area contributed by atoms with Gasteiger partial charge in [-0.05, 0) is 78.1 Å². The van der Waals surface area contributed by atoms with Gasteiger partial charge in [-0.3, -0.25) is 14.7 Å². The summed E-state index contributed by atoms with van der Waals surface area (Å²) in [5, 5.41) is 14.2. The second-order valence-corrected chi connectivity index (χ2v) is 10.6. The van der Waals surface area contributed by atoms with Crippen molar-refractivity contribution in [1.29, 1.82) is 0 Å². The highest BCUT2D eigenvalue weighted by molar-refractivity contribution is 5.85. The van der Waals surface area contributed by atoms with Gasteiger partial charge in [-0.1, -0.05) is 37.5 Å². The second kappa shape index (κ2) is 10.9. The fourth-order valence-corrected chi connectivity index (χ4v) is 5.83. The van der Waals surface area contributed by atoms with Crippen LogP contribution in [0.1, 0.15) is 78.0 Å². The van der Waals surface area contributed by atoms with Crippen molar-refractivity contribution in [1.82, 2.24) is 35.1 Å². The van der Waals surface area contributed by atoms with Crippen LogP contribution in [0.4, 0.5) is 0 Å². The van der Waals surface area contributed by atoms with Gasteiger partial charge in [-0.2, -0.15) is 0 Å². The van der Waals surface area contributed by atoms with Gasteiger partial charge in [0.25, 0.3) is 5.56 Å². The molecule has 0 bridgehead atoms. The first-order valence-corrected chi connectivity index (χ1v) is 13.6. The molecule has 1 N–H and O–H groups in total. The van der Waals surface area contributed by atoms with E-state index in [1.807, 2.05) is 54.2 Å². The van der Waals surface area contributed by atoms with Crippen LogP contribution in [-0.2, 0) is 13.1 Å². The number of aryl methyl sites for hydroxylation is 2. The molecule has 4 heterocycles. The lowest BCUT2D eigenvalue weighted by Crippen LogP contribution is -2.35. The van der Waals surface area contributed by atoms with Gasteiger partial charge in [-0.15, -0.1) is 5.10 Å². The third-order valence-corrected chi connectivity index (χ3v) is 7.86. The standard InChI is InChI=1S/C30H33N7O2/c1-20-12-13-21(2)27-25(20)16-26(30(38)32-27)28(29-33-34-35-37(29)23-9-4-3-5-10-23)36(19-24-11-7-15-39-24)18-22-8-6-14-31-17-22/h6-8,11-17,23,28H,3-5,9-10,18-19H2,1-2H3,(H,32,38)/t28-/m1/s1. The van der Waals surface area contributed by atoms with Gasteiger partial charge in [-0.25, -0.2) is 4.68 Å². The normalized spacial score (nSPS) is 15.3. The fourth-order valence-electron chi connectivity index (χ4n) is 5.83. The number of aromatic amines is 1. The molecule has 5 aromatic rings. The molecule has 1 atom stereocenters. The van der Waals surface area contributed by atoms with E-state index in [1.165, 1.54) is 6.42 Å². The van der Waals surface area contributed by atoms with Crippen LogP contribution in [0.15, 0.2) is 70.3 Å². The molecule has 0 spiro atoms. The van der Waals surface area contributed by atoms with Gasteiger partial charge in [0, 0.05) is 29.9 Å². The Bertz CT molecular complexity index is 1600. The molecule has 0 saturated heterocycles. The van der Waals surface area contributed by atoms with Crippen LogP contribution in [0, 0.1) is 13.8 Å². The Labute approximate surface area is 226 Å². The predicted molar refractivity (Wildman–Crippen MR) is 148 cm³/mol. The van der Waals surface area contributed by atoms with Crippen LogP contribution in [0.2, 0.25) is 0 Å². The molecule has 1 aromatic carbocycles. The van der Waals surface area contributed by atoms with Gasteiger partial charge in [0.15, 0.2) is 5.82 Å². The molecule has 9 heteroatoms. The Morgan fingerprint density at radius 1 is 1.08 bits per heavy atom. The number of hydrogen-bond acceptors (Lipinski definition) is 7. The molecule has 0 aliphatic heterocycles. The largest absolute Gasteiger partial charge is 0.468 e. The molecule has 6 rings (SSSR count). The summed E-state index contributed by atoms with van der Waals surface area (Å²) in [4.78, 5) is 23.6. The molecule has 0 amide bonds. The Balaban J connectivity index is 1.55. The van der Waals surface area contributed by atoms with Gasteiger partial charge in [0.1, 0.15) is 11.8 Å². The van der Waals surface area contributed by atoms with E-state index >= 15 is 0 Å². The number of hydrogen-bond donors (Lipinski definition) is 1. The first-order valence-electron chi connectivity index (χ1n) is 13.6. The van der Waals surface area contributed by atoms with Crippen molar-refractivity contribution in [2.45, 2.75) is 71.1 Å². The third-order valence-electron chi connectivity index (χ3n) is 7.86. The Morgan fingerprint density at radius 2 is 1.92 bits per heavy atom. The van der Waals surface area contributed by atoms with Crippen molar-refractivity contribution in [3.05, 3.63) is 105 Å². The molecule has 9 nitrogen and oxygen atoms in total. The number of nitrogens with zero attached hydrogens (tertiary/aromatic N) is 6. The number of tetrazole rings is 1. The van der Waals surface area contributed by atoms with Gasteiger partial charge < -0.3 is 9.40 Å². The van der Waals surface area contributed by atoms with Crippen molar-refractivity contribution >= 4 is 10.9 Å². The number of pyridine rings is 2. The van der Waals surface area contributed by atoms with E-state index in [9.17, 15) is 4.79 Å². The second-order valence-electron chi connectivity index (χ2n) is 10.6.